The van der Waals surface area contributed by atoms with Crippen molar-refractivity contribution in [3.05, 3.63) is 48.0 Å². The largest absolute Gasteiger partial charge is 0.382 e. The van der Waals surface area contributed by atoms with E-state index in [9.17, 15) is 0 Å². The van der Waals surface area contributed by atoms with Crippen LogP contribution in [0.4, 0.5) is 0 Å². The summed E-state index contributed by atoms with van der Waals surface area (Å²) in [4.78, 5) is 0. The lowest BCUT2D eigenvalue weighted by molar-refractivity contribution is 0.141. The topological polar surface area (TPSA) is 21.3 Å². The maximum atomic E-state index is 5.41. The highest BCUT2D eigenvalue weighted by Crippen LogP contribution is 2.23. The molecule has 1 unspecified atom stereocenters. The van der Waals surface area contributed by atoms with Gasteiger partial charge in [0.1, 0.15) is 0 Å². The van der Waals surface area contributed by atoms with Crippen LogP contribution in [-0.4, -0.2) is 20.3 Å². The molecule has 0 aliphatic heterocycles. The van der Waals surface area contributed by atoms with E-state index in [0.717, 1.165) is 26.1 Å². The lowest BCUT2D eigenvalue weighted by Gasteiger charge is -2.17. The molecule has 0 fully saturated rings. The van der Waals surface area contributed by atoms with Crippen LogP contribution in [0.1, 0.15) is 31.4 Å². The molecule has 0 aliphatic carbocycles. The second-order valence-electron chi connectivity index (χ2n) is 4.79. The lowest BCUT2D eigenvalue weighted by atomic mass is 9.99. The van der Waals surface area contributed by atoms with Gasteiger partial charge < -0.3 is 10.1 Å². The molecule has 2 rings (SSSR count). The minimum atomic E-state index is 0.407. The van der Waals surface area contributed by atoms with E-state index in [2.05, 4.69) is 47.8 Å². The van der Waals surface area contributed by atoms with Crippen molar-refractivity contribution < 1.29 is 4.74 Å². The third-order valence-electron chi connectivity index (χ3n) is 3.51. The van der Waals surface area contributed by atoms with E-state index >= 15 is 0 Å². The number of fused-ring (bicyclic) bond motifs is 1. The molecule has 1 atom stereocenters. The van der Waals surface area contributed by atoms with Gasteiger partial charge in [-0.15, -0.1) is 0 Å². The fourth-order valence-corrected chi connectivity index (χ4v) is 2.44. The second kappa shape index (κ2) is 7.27. The van der Waals surface area contributed by atoms with Crippen molar-refractivity contribution in [1.29, 1.82) is 0 Å². The highest BCUT2D eigenvalue weighted by Gasteiger charge is 2.09. The van der Waals surface area contributed by atoms with Gasteiger partial charge in [-0.1, -0.05) is 36.4 Å². The van der Waals surface area contributed by atoms with Gasteiger partial charge in [0.05, 0.1) is 0 Å². The summed E-state index contributed by atoms with van der Waals surface area (Å²) in [6.45, 7) is 3.70. The zero-order chi connectivity index (χ0) is 13.5. The van der Waals surface area contributed by atoms with Crippen molar-refractivity contribution in [1.82, 2.24) is 5.32 Å². The molecule has 0 aliphatic rings. The lowest BCUT2D eigenvalue weighted by Crippen LogP contribution is -2.17. The number of benzene rings is 2. The van der Waals surface area contributed by atoms with E-state index in [0.29, 0.717) is 6.04 Å². The predicted octanol–water partition coefficient (Wildman–Crippen LogP) is 3.92. The van der Waals surface area contributed by atoms with Crippen LogP contribution in [0.5, 0.6) is 0 Å². The molecule has 0 amide bonds. The summed E-state index contributed by atoms with van der Waals surface area (Å²) >= 11 is 0. The number of hydrogen-bond donors (Lipinski definition) is 1. The van der Waals surface area contributed by atoms with Crippen molar-refractivity contribution in [3.8, 4) is 0 Å². The molecule has 0 bridgehead atoms. The number of ether oxygens (including phenoxy) is 1. The van der Waals surface area contributed by atoms with Crippen LogP contribution < -0.4 is 5.32 Å². The van der Waals surface area contributed by atoms with Gasteiger partial charge in [0, 0.05) is 19.3 Å². The quantitative estimate of drug-likeness (QED) is 0.759. The molecule has 2 aromatic carbocycles. The van der Waals surface area contributed by atoms with Crippen molar-refractivity contribution in [2.45, 2.75) is 25.8 Å². The Labute approximate surface area is 115 Å². The van der Waals surface area contributed by atoms with Crippen LogP contribution in [0.3, 0.4) is 0 Å². The zero-order valence-electron chi connectivity index (χ0n) is 11.9. The van der Waals surface area contributed by atoms with E-state index in [1.54, 1.807) is 0 Å². The summed E-state index contributed by atoms with van der Waals surface area (Å²) in [7, 11) is 2.03. The average molecular weight is 257 g/mol. The average Bonchev–Trinajstić information content (AvgIpc) is 2.47. The van der Waals surface area contributed by atoms with Crippen LogP contribution in [0.2, 0.25) is 0 Å². The predicted molar refractivity (Wildman–Crippen MR) is 81.5 cm³/mol. The Kier molecular flexibility index (Phi) is 5.37. The molecule has 2 aromatic rings. The van der Waals surface area contributed by atoms with Crippen LogP contribution in [0.25, 0.3) is 10.8 Å². The van der Waals surface area contributed by atoms with E-state index in [1.165, 1.54) is 16.3 Å². The van der Waals surface area contributed by atoms with E-state index < -0.39 is 0 Å². The SMILES string of the molecule is CCOCCCC(NC)c1ccc2ccccc2c1. The van der Waals surface area contributed by atoms with Gasteiger partial charge in [0.15, 0.2) is 0 Å². The minimum Gasteiger partial charge on any atom is -0.382 e. The van der Waals surface area contributed by atoms with Gasteiger partial charge in [0.25, 0.3) is 0 Å². The maximum absolute atomic E-state index is 5.41. The summed E-state index contributed by atoms with van der Waals surface area (Å²) in [5.41, 5.74) is 1.36. The second-order valence-corrected chi connectivity index (χ2v) is 4.79. The smallest absolute Gasteiger partial charge is 0.0466 e. The van der Waals surface area contributed by atoms with Crippen molar-refractivity contribution in [3.63, 3.8) is 0 Å². The Hall–Kier alpha value is -1.38. The summed E-state index contributed by atoms with van der Waals surface area (Å²) in [6.07, 6.45) is 2.20. The summed E-state index contributed by atoms with van der Waals surface area (Å²) in [6, 6.07) is 15.6. The Morgan fingerprint density at radius 1 is 1.11 bits per heavy atom. The Morgan fingerprint density at radius 2 is 1.89 bits per heavy atom. The van der Waals surface area contributed by atoms with Crippen molar-refractivity contribution in [2.24, 2.45) is 0 Å². The molecule has 0 aromatic heterocycles. The summed E-state index contributed by atoms with van der Waals surface area (Å²) in [5.74, 6) is 0. The zero-order valence-corrected chi connectivity index (χ0v) is 11.9. The van der Waals surface area contributed by atoms with E-state index in [4.69, 9.17) is 4.74 Å². The number of rotatable bonds is 7. The van der Waals surface area contributed by atoms with E-state index in [-0.39, 0.29) is 0 Å². The first kappa shape index (κ1) is 14.0. The minimum absolute atomic E-state index is 0.407. The van der Waals surface area contributed by atoms with E-state index in [1.807, 2.05) is 14.0 Å². The van der Waals surface area contributed by atoms with Crippen LogP contribution >= 0.6 is 0 Å². The molecule has 0 radical (unpaired) electrons. The Balaban J connectivity index is 2.07. The summed E-state index contributed by atoms with van der Waals surface area (Å²) in [5, 5.41) is 6.02. The van der Waals surface area contributed by atoms with Crippen molar-refractivity contribution >= 4 is 10.8 Å². The van der Waals surface area contributed by atoms with Crippen LogP contribution in [0, 0.1) is 0 Å². The molecule has 0 saturated heterocycles. The number of hydrogen-bond acceptors (Lipinski definition) is 2. The molecule has 2 nitrogen and oxygen atoms in total. The van der Waals surface area contributed by atoms with Crippen molar-refractivity contribution in [2.75, 3.05) is 20.3 Å². The standard InChI is InChI=1S/C17H23NO/c1-3-19-12-6-9-17(18-2)16-11-10-14-7-4-5-8-15(14)13-16/h4-5,7-8,10-11,13,17-18H,3,6,9,12H2,1-2H3. The number of nitrogens with one attached hydrogen (secondary N) is 1. The van der Waals surface area contributed by atoms with Crippen LogP contribution in [-0.2, 0) is 4.74 Å². The van der Waals surface area contributed by atoms with Gasteiger partial charge >= 0.3 is 0 Å². The molecule has 1 N–H and O–H groups in total. The molecular formula is C17H23NO. The van der Waals surface area contributed by atoms with Gasteiger partial charge in [-0.2, -0.15) is 0 Å². The molecule has 0 spiro atoms. The first-order valence-electron chi connectivity index (χ1n) is 7.09. The highest BCUT2D eigenvalue weighted by molar-refractivity contribution is 5.83. The van der Waals surface area contributed by atoms with Gasteiger partial charge in [-0.25, -0.2) is 0 Å². The first-order chi connectivity index (χ1) is 9.35. The molecule has 0 heterocycles. The molecule has 2 heteroatoms. The monoisotopic (exact) mass is 257 g/mol. The molecular weight excluding hydrogens is 234 g/mol. The molecule has 0 saturated carbocycles. The maximum Gasteiger partial charge on any atom is 0.0466 e. The van der Waals surface area contributed by atoms with Gasteiger partial charge in [-0.3, -0.25) is 0 Å². The highest BCUT2D eigenvalue weighted by atomic mass is 16.5. The molecule has 19 heavy (non-hydrogen) atoms. The van der Waals surface area contributed by atoms with Gasteiger partial charge in [0.2, 0.25) is 0 Å². The third-order valence-corrected chi connectivity index (χ3v) is 3.51. The van der Waals surface area contributed by atoms with Crippen LogP contribution in [0.15, 0.2) is 42.5 Å². The fraction of sp³-hybridized carbons (Fsp3) is 0.412. The normalized spacial score (nSPS) is 12.7. The third kappa shape index (κ3) is 3.79. The Morgan fingerprint density at radius 3 is 2.63 bits per heavy atom. The molecule has 102 valence electrons. The first-order valence-corrected chi connectivity index (χ1v) is 7.09. The fourth-order valence-electron chi connectivity index (χ4n) is 2.44. The summed E-state index contributed by atoms with van der Waals surface area (Å²) < 4.78 is 5.41. The van der Waals surface area contributed by atoms with Gasteiger partial charge in [-0.05, 0) is 49.2 Å². The Bertz CT molecular complexity index is 509.